The summed E-state index contributed by atoms with van der Waals surface area (Å²) >= 11 is 5.89. The second-order valence-corrected chi connectivity index (χ2v) is 4.39. The summed E-state index contributed by atoms with van der Waals surface area (Å²) in [6.07, 6.45) is 0. The normalized spacial score (nSPS) is 9.75. The number of halogens is 2. The average Bonchev–Trinajstić information content (AvgIpc) is 2.45. The van der Waals surface area contributed by atoms with E-state index in [0.29, 0.717) is 5.75 Å². The first-order valence-corrected chi connectivity index (χ1v) is 6.34. The summed E-state index contributed by atoms with van der Waals surface area (Å²) in [5.41, 5.74) is 1.65. The Labute approximate surface area is 121 Å². The lowest BCUT2D eigenvalue weighted by atomic mass is 10.1. The van der Waals surface area contributed by atoms with Crippen molar-refractivity contribution in [1.82, 2.24) is 0 Å². The van der Waals surface area contributed by atoms with Crippen molar-refractivity contribution in [3.8, 4) is 17.6 Å². The van der Waals surface area contributed by atoms with Crippen molar-refractivity contribution >= 4 is 11.6 Å². The zero-order valence-corrected chi connectivity index (χ0v) is 11.3. The number of hydrogen-bond donors (Lipinski definition) is 1. The fourth-order valence-electron chi connectivity index (χ4n) is 1.65. The van der Waals surface area contributed by atoms with Gasteiger partial charge in [0.1, 0.15) is 24.8 Å². The lowest BCUT2D eigenvalue weighted by molar-refractivity contribution is 0.305. The van der Waals surface area contributed by atoms with E-state index < -0.39 is 5.82 Å². The Hall–Kier alpha value is -2.02. The summed E-state index contributed by atoms with van der Waals surface area (Å²) in [7, 11) is 0. The van der Waals surface area contributed by atoms with Crippen LogP contribution in [0.25, 0.3) is 0 Å². The Morgan fingerprint density at radius 2 is 2.00 bits per heavy atom. The number of benzene rings is 2. The second kappa shape index (κ2) is 6.95. The topological polar surface area (TPSA) is 29.5 Å². The first kappa shape index (κ1) is 14.4. The Kier molecular flexibility index (Phi) is 5.00. The lowest BCUT2D eigenvalue weighted by Crippen LogP contribution is -1.99. The molecule has 20 heavy (non-hydrogen) atoms. The van der Waals surface area contributed by atoms with E-state index in [9.17, 15) is 4.39 Å². The van der Waals surface area contributed by atoms with E-state index in [1.54, 1.807) is 0 Å². The minimum absolute atomic E-state index is 0.195. The fraction of sp³-hybridized carbons (Fsp3) is 0.125. The quantitative estimate of drug-likeness (QED) is 0.878. The van der Waals surface area contributed by atoms with Crippen LogP contribution in [-0.4, -0.2) is 11.7 Å². The van der Waals surface area contributed by atoms with E-state index in [-0.39, 0.29) is 18.2 Å². The zero-order chi connectivity index (χ0) is 14.4. The molecule has 0 spiro atoms. The van der Waals surface area contributed by atoms with Gasteiger partial charge in [0, 0.05) is 11.1 Å². The molecule has 0 aromatic heterocycles. The summed E-state index contributed by atoms with van der Waals surface area (Å²) in [5, 5.41) is 8.96. The highest BCUT2D eigenvalue weighted by Crippen LogP contribution is 2.26. The van der Waals surface area contributed by atoms with Crippen molar-refractivity contribution < 1.29 is 14.2 Å². The molecule has 0 fully saturated rings. The minimum atomic E-state index is -0.406. The number of hydrogen-bond acceptors (Lipinski definition) is 2. The molecule has 0 heterocycles. The Morgan fingerprint density at radius 3 is 2.75 bits per heavy atom. The molecule has 0 unspecified atom stereocenters. The van der Waals surface area contributed by atoms with Crippen molar-refractivity contribution in [3.63, 3.8) is 0 Å². The number of aliphatic hydroxyl groups is 1. The molecular formula is C16H12ClFO2. The molecule has 0 atom stereocenters. The smallest absolute Gasteiger partial charge is 0.138 e. The summed E-state index contributed by atoms with van der Waals surface area (Å²) < 4.78 is 18.5. The van der Waals surface area contributed by atoms with E-state index >= 15 is 0 Å². The van der Waals surface area contributed by atoms with Gasteiger partial charge in [-0.25, -0.2) is 4.39 Å². The van der Waals surface area contributed by atoms with Crippen LogP contribution in [-0.2, 0) is 6.61 Å². The second-order valence-electron chi connectivity index (χ2n) is 3.98. The van der Waals surface area contributed by atoms with Gasteiger partial charge in [-0.2, -0.15) is 0 Å². The van der Waals surface area contributed by atoms with E-state index in [2.05, 4.69) is 11.8 Å². The maximum atomic E-state index is 12.9. The van der Waals surface area contributed by atoms with Crippen LogP contribution in [0.3, 0.4) is 0 Å². The first-order valence-electron chi connectivity index (χ1n) is 5.96. The van der Waals surface area contributed by atoms with Gasteiger partial charge in [-0.1, -0.05) is 41.6 Å². The highest BCUT2D eigenvalue weighted by atomic mass is 35.5. The van der Waals surface area contributed by atoms with E-state index in [1.165, 1.54) is 18.2 Å². The molecule has 0 saturated carbocycles. The molecule has 0 aliphatic rings. The van der Waals surface area contributed by atoms with Crippen LogP contribution in [0.5, 0.6) is 5.75 Å². The fourth-order valence-corrected chi connectivity index (χ4v) is 1.87. The third kappa shape index (κ3) is 3.74. The monoisotopic (exact) mass is 290 g/mol. The number of aliphatic hydroxyl groups excluding tert-OH is 1. The van der Waals surface area contributed by atoms with Crippen LogP contribution in [0.4, 0.5) is 4.39 Å². The Bertz CT molecular complexity index is 659. The lowest BCUT2D eigenvalue weighted by Gasteiger charge is -2.09. The van der Waals surface area contributed by atoms with Crippen LogP contribution < -0.4 is 4.74 Å². The number of rotatable bonds is 3. The van der Waals surface area contributed by atoms with Crippen molar-refractivity contribution in [2.24, 2.45) is 0 Å². The predicted octanol–water partition coefficient (Wildman–Crippen LogP) is 3.40. The highest BCUT2D eigenvalue weighted by molar-refractivity contribution is 6.32. The van der Waals surface area contributed by atoms with Gasteiger partial charge in [0.15, 0.2) is 0 Å². The van der Waals surface area contributed by atoms with Crippen molar-refractivity contribution in [2.45, 2.75) is 6.61 Å². The largest absolute Gasteiger partial charge is 0.487 e. The predicted molar refractivity (Wildman–Crippen MR) is 76.1 cm³/mol. The van der Waals surface area contributed by atoms with Gasteiger partial charge >= 0.3 is 0 Å². The molecule has 2 nitrogen and oxygen atoms in total. The summed E-state index contributed by atoms with van der Waals surface area (Å²) in [4.78, 5) is 0. The average molecular weight is 291 g/mol. The van der Waals surface area contributed by atoms with E-state index in [4.69, 9.17) is 21.4 Å². The molecule has 0 radical (unpaired) electrons. The first-order chi connectivity index (χ1) is 9.70. The van der Waals surface area contributed by atoms with Crippen molar-refractivity contribution in [1.29, 1.82) is 0 Å². The van der Waals surface area contributed by atoms with Gasteiger partial charge in [0.05, 0.1) is 5.02 Å². The molecule has 2 rings (SSSR count). The molecule has 4 heteroatoms. The van der Waals surface area contributed by atoms with Crippen LogP contribution in [0.2, 0.25) is 5.02 Å². The van der Waals surface area contributed by atoms with Gasteiger partial charge in [-0.05, 0) is 24.3 Å². The van der Waals surface area contributed by atoms with E-state index in [0.717, 1.165) is 11.1 Å². The maximum Gasteiger partial charge on any atom is 0.138 e. The van der Waals surface area contributed by atoms with Crippen LogP contribution >= 0.6 is 11.6 Å². The minimum Gasteiger partial charge on any atom is -0.487 e. The number of ether oxygens (including phenoxy) is 1. The molecule has 1 N–H and O–H groups in total. The summed E-state index contributed by atoms with van der Waals surface area (Å²) in [5.74, 6) is 5.46. The molecule has 0 aliphatic heterocycles. The third-order valence-electron chi connectivity index (χ3n) is 2.60. The molecule has 0 aliphatic carbocycles. The molecular weight excluding hydrogens is 279 g/mol. The SMILES string of the molecule is OCC#Cc1ccccc1COc1ccc(F)cc1Cl. The van der Waals surface area contributed by atoms with Gasteiger partial charge < -0.3 is 9.84 Å². The van der Waals surface area contributed by atoms with Gasteiger partial charge in [0.25, 0.3) is 0 Å². The Balaban J connectivity index is 2.14. The maximum absolute atomic E-state index is 12.9. The Morgan fingerprint density at radius 1 is 1.20 bits per heavy atom. The molecule has 102 valence electrons. The zero-order valence-electron chi connectivity index (χ0n) is 10.6. The van der Waals surface area contributed by atoms with Crippen molar-refractivity contribution in [3.05, 3.63) is 64.4 Å². The van der Waals surface area contributed by atoms with Gasteiger partial charge in [-0.15, -0.1) is 0 Å². The standard InChI is InChI=1S/C16H12ClFO2/c17-15-10-14(18)7-8-16(15)20-11-13-5-2-1-4-12(13)6-3-9-19/h1-2,4-5,7-8,10,19H,9,11H2. The molecule has 0 amide bonds. The third-order valence-corrected chi connectivity index (χ3v) is 2.89. The molecule has 2 aromatic rings. The van der Waals surface area contributed by atoms with Gasteiger partial charge in [-0.3, -0.25) is 0 Å². The highest BCUT2D eigenvalue weighted by Gasteiger charge is 2.05. The van der Waals surface area contributed by atoms with Crippen LogP contribution in [0, 0.1) is 17.7 Å². The van der Waals surface area contributed by atoms with E-state index in [1.807, 2.05) is 24.3 Å². The molecule has 0 saturated heterocycles. The van der Waals surface area contributed by atoms with Crippen LogP contribution in [0.15, 0.2) is 42.5 Å². The summed E-state index contributed by atoms with van der Waals surface area (Å²) in [6, 6.07) is 11.4. The van der Waals surface area contributed by atoms with Gasteiger partial charge in [0.2, 0.25) is 0 Å². The molecule has 0 bridgehead atoms. The van der Waals surface area contributed by atoms with Crippen molar-refractivity contribution in [2.75, 3.05) is 6.61 Å². The summed E-state index contributed by atoms with van der Waals surface area (Å²) in [6.45, 7) is 0.0701. The molecule has 2 aromatic carbocycles. The van der Waals surface area contributed by atoms with Crippen LogP contribution in [0.1, 0.15) is 11.1 Å².